The first-order valence-electron chi connectivity index (χ1n) is 19.1. The maximum absolute atomic E-state index is 14.1. The van der Waals surface area contributed by atoms with Crippen molar-refractivity contribution in [1.82, 2.24) is 24.7 Å². The van der Waals surface area contributed by atoms with Gasteiger partial charge >= 0.3 is 24.1 Å². The second-order valence-corrected chi connectivity index (χ2v) is 15.5. The number of alkyl carbamates (subject to hydrolysis) is 1. The number of ether oxygens (including phenoxy) is 4. The predicted molar refractivity (Wildman–Crippen MR) is 198 cm³/mol. The van der Waals surface area contributed by atoms with Crippen LogP contribution in [0.3, 0.4) is 0 Å². The number of fused-ring (bicyclic) bond motifs is 5. The van der Waals surface area contributed by atoms with Crippen LogP contribution in [0.2, 0.25) is 0 Å². The maximum Gasteiger partial charge on any atom is 0.415 e. The molecule has 6 heterocycles. The zero-order valence-corrected chi connectivity index (χ0v) is 31.7. The molecule has 1 N–H and O–H groups in total. The highest BCUT2D eigenvalue weighted by atomic mass is 16.6. The van der Waals surface area contributed by atoms with Crippen LogP contribution >= 0.6 is 0 Å². The van der Waals surface area contributed by atoms with Gasteiger partial charge < -0.3 is 38.6 Å². The molecule has 1 atom stereocenters. The fourth-order valence-corrected chi connectivity index (χ4v) is 8.32. The molecule has 2 aromatic heterocycles. The van der Waals surface area contributed by atoms with Crippen LogP contribution in [0.4, 0.5) is 9.59 Å². The quantitative estimate of drug-likeness (QED) is 0.197. The second-order valence-electron chi connectivity index (χ2n) is 15.5. The van der Waals surface area contributed by atoms with Crippen molar-refractivity contribution in [3.63, 3.8) is 0 Å². The first-order valence-corrected chi connectivity index (χ1v) is 19.1. The van der Waals surface area contributed by atoms with Gasteiger partial charge in [0.25, 0.3) is 5.56 Å². The first kappa shape index (κ1) is 37.3. The molecule has 1 aromatic carbocycles. The van der Waals surface area contributed by atoms with Crippen molar-refractivity contribution in [2.24, 2.45) is 0 Å². The van der Waals surface area contributed by atoms with Gasteiger partial charge in [-0.15, -0.1) is 0 Å². The molecule has 0 bridgehead atoms. The van der Waals surface area contributed by atoms with Crippen molar-refractivity contribution in [2.75, 3.05) is 32.7 Å². The number of nitrogens with zero attached hydrogens (tertiary/aromatic N) is 4. The number of carbonyl (C=O) groups is 4. The van der Waals surface area contributed by atoms with E-state index < -0.39 is 35.8 Å². The zero-order chi connectivity index (χ0) is 38.4. The third kappa shape index (κ3) is 7.03. The van der Waals surface area contributed by atoms with Gasteiger partial charge in [0, 0.05) is 35.6 Å². The van der Waals surface area contributed by atoms with Crippen molar-refractivity contribution in [1.29, 1.82) is 0 Å². The molecule has 4 aliphatic heterocycles. The summed E-state index contributed by atoms with van der Waals surface area (Å²) in [6.45, 7) is 11.8. The molecule has 14 nitrogen and oxygen atoms in total. The van der Waals surface area contributed by atoms with Crippen molar-refractivity contribution in [3.8, 4) is 17.1 Å². The van der Waals surface area contributed by atoms with Gasteiger partial charge in [0.05, 0.1) is 29.0 Å². The van der Waals surface area contributed by atoms with Crippen LogP contribution in [0.1, 0.15) is 95.4 Å². The van der Waals surface area contributed by atoms with Gasteiger partial charge in [-0.3, -0.25) is 9.59 Å². The van der Waals surface area contributed by atoms with Crippen LogP contribution in [0.5, 0.6) is 5.75 Å². The zero-order valence-electron chi connectivity index (χ0n) is 31.7. The second kappa shape index (κ2) is 14.7. The Morgan fingerprint density at radius 3 is 2.43 bits per heavy atom. The van der Waals surface area contributed by atoms with Crippen LogP contribution in [-0.4, -0.2) is 87.8 Å². The average Bonchev–Trinajstić information content (AvgIpc) is 3.52. The van der Waals surface area contributed by atoms with E-state index in [0.29, 0.717) is 48.2 Å². The normalized spacial score (nSPS) is 20.1. The SMILES string of the molecule is CCc1c2c(nc3ccc(OC(=O)N4CCC(N5CCCCC5)CC4)cc13)-c1cc3c(c(=O)n1C2)COC(=O)[C@@]3(CC)OC(=O)CNC(=O)OC(C)(C)C. The molecule has 2 saturated heterocycles. The number of aromatic nitrogens is 2. The summed E-state index contributed by atoms with van der Waals surface area (Å²) in [5.74, 6) is -1.28. The Hall–Kier alpha value is -4.98. The summed E-state index contributed by atoms with van der Waals surface area (Å²) in [6.07, 6.45) is 5.11. The number of nitrogens with one attached hydrogen (secondary N) is 1. The predicted octanol–water partition coefficient (Wildman–Crippen LogP) is 5.17. The lowest BCUT2D eigenvalue weighted by Gasteiger charge is -2.39. The molecule has 14 heteroatoms. The highest BCUT2D eigenvalue weighted by Gasteiger charge is 2.50. The lowest BCUT2D eigenvalue weighted by atomic mass is 9.85. The standard InChI is InChI=1S/C40H49N5O9/c1-6-26-27-19-25(52-38(50)44-17-13-24(14-18-44)43-15-9-8-10-16-43)11-12-31(27)42-34-28(26)22-45-32(34)20-30-29(35(45)47)23-51-36(48)40(30,7-2)53-33(46)21-41-37(49)54-39(3,4)5/h11-12,19-20,24H,6-10,13-18,21-23H2,1-5H3,(H,41,49)/t40-/m0/s1. The highest BCUT2D eigenvalue weighted by molar-refractivity contribution is 5.91. The van der Waals surface area contributed by atoms with Crippen LogP contribution in [0.15, 0.2) is 29.1 Å². The summed E-state index contributed by atoms with van der Waals surface area (Å²) >= 11 is 0. The summed E-state index contributed by atoms with van der Waals surface area (Å²) < 4.78 is 24.0. The minimum Gasteiger partial charge on any atom is -0.457 e. The van der Waals surface area contributed by atoms with E-state index in [2.05, 4.69) is 10.2 Å². The number of carbonyl (C=O) groups excluding carboxylic acids is 4. The number of rotatable bonds is 7. The number of amides is 2. The highest BCUT2D eigenvalue weighted by Crippen LogP contribution is 2.42. The maximum atomic E-state index is 14.1. The van der Waals surface area contributed by atoms with Crippen molar-refractivity contribution in [3.05, 3.63) is 56.9 Å². The molecule has 3 aromatic rings. The van der Waals surface area contributed by atoms with Gasteiger partial charge in [0.15, 0.2) is 0 Å². The number of hydrogen-bond acceptors (Lipinski definition) is 11. The molecule has 7 rings (SSSR count). The Morgan fingerprint density at radius 1 is 1.00 bits per heavy atom. The van der Waals surface area contributed by atoms with E-state index in [-0.39, 0.29) is 42.4 Å². The minimum atomic E-state index is -1.91. The Labute approximate surface area is 314 Å². The van der Waals surface area contributed by atoms with Gasteiger partial charge in [-0.05, 0) is 102 Å². The third-order valence-corrected chi connectivity index (χ3v) is 11.0. The first-order chi connectivity index (χ1) is 25.8. The molecule has 0 aliphatic carbocycles. The molecule has 2 fully saturated rings. The Kier molecular flexibility index (Phi) is 10.2. The van der Waals surface area contributed by atoms with Crippen LogP contribution in [0, 0.1) is 0 Å². The number of likely N-dealkylation sites (tertiary alicyclic amines) is 2. The van der Waals surface area contributed by atoms with Crippen LogP contribution in [-0.2, 0) is 49.0 Å². The average molecular weight is 744 g/mol. The lowest BCUT2D eigenvalue weighted by Crippen LogP contribution is -2.49. The summed E-state index contributed by atoms with van der Waals surface area (Å²) in [4.78, 5) is 75.4. The van der Waals surface area contributed by atoms with Gasteiger partial charge in [0.1, 0.15) is 24.5 Å². The fourth-order valence-electron chi connectivity index (χ4n) is 8.32. The van der Waals surface area contributed by atoms with Crippen molar-refractivity contribution in [2.45, 2.75) is 110 Å². The summed E-state index contributed by atoms with van der Waals surface area (Å²) in [6, 6.07) is 7.61. The van der Waals surface area contributed by atoms with E-state index in [4.69, 9.17) is 23.9 Å². The summed E-state index contributed by atoms with van der Waals surface area (Å²) in [5, 5.41) is 3.18. The van der Waals surface area contributed by atoms with Gasteiger partial charge in [-0.25, -0.2) is 19.4 Å². The molecule has 0 saturated carbocycles. The molecule has 0 radical (unpaired) electrons. The van der Waals surface area contributed by atoms with Crippen molar-refractivity contribution >= 4 is 35.0 Å². The molecule has 2 amide bonds. The van der Waals surface area contributed by atoms with Crippen LogP contribution in [0.25, 0.3) is 22.3 Å². The number of pyridine rings is 2. The van der Waals surface area contributed by atoms with E-state index >= 15 is 0 Å². The number of aryl methyl sites for hydroxylation is 1. The molecule has 288 valence electrons. The van der Waals surface area contributed by atoms with Gasteiger partial charge in [0.2, 0.25) is 5.60 Å². The smallest absolute Gasteiger partial charge is 0.415 e. The van der Waals surface area contributed by atoms with Gasteiger partial charge in [-0.2, -0.15) is 0 Å². The number of piperidine rings is 2. The van der Waals surface area contributed by atoms with Gasteiger partial charge in [-0.1, -0.05) is 20.3 Å². The Bertz CT molecular complexity index is 2060. The number of benzene rings is 1. The lowest BCUT2D eigenvalue weighted by molar-refractivity contribution is -0.188. The molecular formula is C40H49N5O9. The number of esters is 2. The van der Waals surface area contributed by atoms with E-state index in [1.807, 2.05) is 19.1 Å². The number of hydrogen-bond donors (Lipinski definition) is 1. The Balaban J connectivity index is 1.14. The molecule has 4 aliphatic rings. The Morgan fingerprint density at radius 2 is 1.74 bits per heavy atom. The summed E-state index contributed by atoms with van der Waals surface area (Å²) in [5.41, 5.74) is 0.919. The molecule has 0 unspecified atom stereocenters. The van der Waals surface area contributed by atoms with E-state index in [1.165, 1.54) is 19.3 Å². The molecule has 0 spiro atoms. The fraction of sp³-hybridized carbons (Fsp3) is 0.550. The third-order valence-electron chi connectivity index (χ3n) is 11.0. The topological polar surface area (TPSA) is 159 Å². The molecular weight excluding hydrogens is 694 g/mol. The largest absolute Gasteiger partial charge is 0.457 e. The summed E-state index contributed by atoms with van der Waals surface area (Å²) in [7, 11) is 0. The number of cyclic esters (lactones) is 1. The van der Waals surface area contributed by atoms with Crippen LogP contribution < -0.4 is 15.6 Å². The van der Waals surface area contributed by atoms with Crippen molar-refractivity contribution < 1.29 is 38.1 Å². The minimum absolute atomic E-state index is 0.0178. The monoisotopic (exact) mass is 743 g/mol. The van der Waals surface area contributed by atoms with E-state index in [9.17, 15) is 24.0 Å². The molecule has 54 heavy (non-hydrogen) atoms. The van der Waals surface area contributed by atoms with E-state index in [0.717, 1.165) is 42.4 Å². The van der Waals surface area contributed by atoms with E-state index in [1.54, 1.807) is 49.3 Å².